The van der Waals surface area contributed by atoms with Crippen LogP contribution in [0.2, 0.25) is 0 Å². The molecule has 234 valence electrons. The number of nitrogens with zero attached hydrogens (tertiary/aromatic N) is 3. The maximum Gasteiger partial charge on any atom is 0.339 e. The molecule has 3 aromatic carbocycles. The van der Waals surface area contributed by atoms with Crippen molar-refractivity contribution in [3.05, 3.63) is 93.6 Å². The number of para-hydroxylation sites is 1. The molecule has 0 unspecified atom stereocenters. The Balaban J connectivity index is 1.21. The minimum atomic E-state index is -0.615. The third-order valence-corrected chi connectivity index (χ3v) is 8.84. The van der Waals surface area contributed by atoms with E-state index in [4.69, 9.17) is 32.8 Å². The number of hydrogen-bond acceptors (Lipinski definition) is 12. The van der Waals surface area contributed by atoms with Crippen LogP contribution in [0, 0.1) is 11.8 Å². The number of phenols is 1. The second-order valence-electron chi connectivity index (χ2n) is 11.3. The van der Waals surface area contributed by atoms with Crippen molar-refractivity contribution in [1.29, 1.82) is 0 Å². The van der Waals surface area contributed by atoms with Crippen LogP contribution in [0.15, 0.2) is 70.0 Å². The number of methoxy groups -OCH3 is 2. The van der Waals surface area contributed by atoms with Gasteiger partial charge >= 0.3 is 11.6 Å². The molecule has 13 heteroatoms. The van der Waals surface area contributed by atoms with E-state index in [0.717, 1.165) is 11.1 Å². The van der Waals surface area contributed by atoms with Crippen LogP contribution in [-0.4, -0.2) is 53.7 Å². The van der Waals surface area contributed by atoms with Gasteiger partial charge in [-0.25, -0.2) is 9.48 Å². The molecule has 2 aliphatic heterocycles. The summed E-state index contributed by atoms with van der Waals surface area (Å²) in [7, 11) is 2.91. The van der Waals surface area contributed by atoms with Gasteiger partial charge in [0.1, 0.15) is 23.6 Å². The van der Waals surface area contributed by atoms with E-state index in [2.05, 4.69) is 10.3 Å². The van der Waals surface area contributed by atoms with Crippen LogP contribution in [0.4, 0.5) is 0 Å². The van der Waals surface area contributed by atoms with Gasteiger partial charge < -0.3 is 37.9 Å². The third-order valence-electron chi connectivity index (χ3n) is 8.84. The van der Waals surface area contributed by atoms with Gasteiger partial charge in [-0.15, -0.1) is 5.10 Å². The smallest absolute Gasteiger partial charge is 0.339 e. The summed E-state index contributed by atoms with van der Waals surface area (Å²) in [5.41, 5.74) is 2.76. The Morgan fingerprint density at radius 1 is 0.935 bits per heavy atom. The molecule has 13 nitrogen and oxygen atoms in total. The molecule has 2 aromatic heterocycles. The number of benzene rings is 3. The molecule has 46 heavy (non-hydrogen) atoms. The van der Waals surface area contributed by atoms with Crippen molar-refractivity contribution in [3.63, 3.8) is 0 Å². The molecule has 0 bridgehead atoms. The number of hydrogen-bond donors (Lipinski definition) is 1. The SMILES string of the molecule is COc1cc([C@@H]2c3cc4c(cc3[C@@H](n3cc(COc5cc(=O)oc6ccccc56)nn3)[C@H]3COC(=O)[C@H]23)OCO4)cc(OC)c1O. The highest BCUT2D eigenvalue weighted by Crippen LogP contribution is 2.56. The molecular formula is C33H27N3O10. The first kappa shape index (κ1) is 27.8. The fourth-order valence-corrected chi connectivity index (χ4v) is 6.83. The Labute approximate surface area is 260 Å². The zero-order chi connectivity index (χ0) is 31.5. The average molecular weight is 626 g/mol. The van der Waals surface area contributed by atoms with Gasteiger partial charge in [0.25, 0.3) is 0 Å². The fraction of sp³-hybridized carbons (Fsp3) is 0.273. The summed E-state index contributed by atoms with van der Waals surface area (Å²) >= 11 is 0. The molecule has 1 N–H and O–H groups in total. The molecule has 1 saturated heterocycles. The maximum absolute atomic E-state index is 13.5. The first-order chi connectivity index (χ1) is 22.4. The summed E-state index contributed by atoms with van der Waals surface area (Å²) in [6.45, 7) is 0.260. The molecular weight excluding hydrogens is 598 g/mol. The molecule has 0 spiro atoms. The van der Waals surface area contributed by atoms with Crippen LogP contribution in [-0.2, 0) is 16.1 Å². The monoisotopic (exact) mass is 625 g/mol. The molecule has 0 radical (unpaired) electrons. The van der Waals surface area contributed by atoms with Crippen LogP contribution >= 0.6 is 0 Å². The van der Waals surface area contributed by atoms with Crippen molar-refractivity contribution in [2.24, 2.45) is 11.8 Å². The van der Waals surface area contributed by atoms with Gasteiger partial charge in [0.2, 0.25) is 12.5 Å². The number of aromatic hydroxyl groups is 1. The summed E-state index contributed by atoms with van der Waals surface area (Å²) in [4.78, 5) is 25.6. The van der Waals surface area contributed by atoms with E-state index in [1.807, 2.05) is 18.2 Å². The van der Waals surface area contributed by atoms with Crippen molar-refractivity contribution in [1.82, 2.24) is 15.0 Å². The van der Waals surface area contributed by atoms with Crippen LogP contribution < -0.4 is 29.3 Å². The maximum atomic E-state index is 13.5. The Morgan fingerprint density at radius 3 is 2.43 bits per heavy atom. The quantitative estimate of drug-likeness (QED) is 0.206. The number of esters is 1. The Bertz CT molecular complexity index is 2050. The van der Waals surface area contributed by atoms with Crippen molar-refractivity contribution in [2.75, 3.05) is 27.6 Å². The molecule has 0 amide bonds. The number of fused-ring (bicyclic) bond motifs is 4. The van der Waals surface area contributed by atoms with Gasteiger partial charge in [0, 0.05) is 11.8 Å². The molecule has 1 fully saturated rings. The summed E-state index contributed by atoms with van der Waals surface area (Å²) in [5.74, 6) is -0.0117. The molecule has 4 heterocycles. The highest BCUT2D eigenvalue weighted by atomic mass is 16.7. The zero-order valence-electron chi connectivity index (χ0n) is 24.7. The molecule has 4 atom stereocenters. The van der Waals surface area contributed by atoms with E-state index in [1.165, 1.54) is 20.3 Å². The Hall–Kier alpha value is -5.72. The summed E-state index contributed by atoms with van der Waals surface area (Å²) in [5, 5.41) is 20.1. The number of carbonyl (C=O) groups is 1. The van der Waals surface area contributed by atoms with Crippen LogP contribution in [0.5, 0.6) is 34.5 Å². The van der Waals surface area contributed by atoms with E-state index in [0.29, 0.717) is 39.5 Å². The number of ether oxygens (including phenoxy) is 6. The Morgan fingerprint density at radius 2 is 1.67 bits per heavy atom. The number of cyclic esters (lactones) is 1. The van der Waals surface area contributed by atoms with Crippen molar-refractivity contribution in [3.8, 4) is 34.5 Å². The second-order valence-corrected chi connectivity index (χ2v) is 11.3. The predicted octanol–water partition coefficient (Wildman–Crippen LogP) is 3.94. The lowest BCUT2D eigenvalue weighted by Crippen LogP contribution is -2.37. The zero-order valence-corrected chi connectivity index (χ0v) is 24.7. The first-order valence-corrected chi connectivity index (χ1v) is 14.5. The molecule has 1 aliphatic carbocycles. The number of rotatable bonds is 7. The van der Waals surface area contributed by atoms with Gasteiger partial charge in [0.15, 0.2) is 23.0 Å². The lowest BCUT2D eigenvalue weighted by atomic mass is 9.65. The lowest BCUT2D eigenvalue weighted by molar-refractivity contribution is -0.141. The second kappa shape index (κ2) is 10.7. The highest BCUT2D eigenvalue weighted by Gasteiger charge is 2.53. The number of carbonyl (C=O) groups excluding carboxylic acids is 1. The third kappa shape index (κ3) is 4.37. The van der Waals surface area contributed by atoms with Gasteiger partial charge in [-0.1, -0.05) is 17.3 Å². The van der Waals surface area contributed by atoms with E-state index >= 15 is 0 Å². The first-order valence-electron chi connectivity index (χ1n) is 14.5. The Kier molecular flexibility index (Phi) is 6.48. The van der Waals surface area contributed by atoms with Crippen LogP contribution in [0.25, 0.3) is 11.0 Å². The standard InChI is InChI=1S/C33H27N3O10/c1-40-26-7-16(8-27(41-2)32(26)38)29-19-9-24-25(45-15-44-24)10-20(19)31(21-14-43-33(39)30(21)29)36-12-17(34-35-36)13-42-23-11-28(37)46-22-6-4-3-5-18(22)23/h3-12,21,29-31,38H,13-15H2,1-2H3/t21-,29+,30-,31+/m0/s1. The highest BCUT2D eigenvalue weighted by molar-refractivity contribution is 5.83. The largest absolute Gasteiger partial charge is 0.502 e. The van der Waals surface area contributed by atoms with Gasteiger partial charge in [-0.2, -0.15) is 0 Å². The van der Waals surface area contributed by atoms with Gasteiger partial charge in [-0.05, 0) is 53.1 Å². The van der Waals surface area contributed by atoms with Crippen molar-refractivity contribution < 1.29 is 42.7 Å². The topological polar surface area (TPSA) is 154 Å². The van der Waals surface area contributed by atoms with E-state index < -0.39 is 23.5 Å². The molecule has 5 aromatic rings. The summed E-state index contributed by atoms with van der Waals surface area (Å²) < 4.78 is 41.1. The molecule has 3 aliphatic rings. The number of aromatic nitrogens is 3. The van der Waals surface area contributed by atoms with Crippen molar-refractivity contribution in [2.45, 2.75) is 18.6 Å². The van der Waals surface area contributed by atoms with Gasteiger partial charge in [0.05, 0.1) is 50.4 Å². The van der Waals surface area contributed by atoms with E-state index in [-0.39, 0.29) is 49.1 Å². The lowest BCUT2D eigenvalue weighted by Gasteiger charge is -2.39. The minimum absolute atomic E-state index is 0.0351. The van der Waals surface area contributed by atoms with Crippen LogP contribution in [0.3, 0.4) is 0 Å². The summed E-state index contributed by atoms with van der Waals surface area (Å²) in [6, 6.07) is 15.2. The molecule has 0 saturated carbocycles. The fourth-order valence-electron chi connectivity index (χ4n) is 6.83. The molecule has 8 rings (SSSR count). The number of phenolic OH excluding ortho intramolecular Hbond substituents is 1. The van der Waals surface area contributed by atoms with Crippen molar-refractivity contribution >= 4 is 16.9 Å². The van der Waals surface area contributed by atoms with E-state index in [1.54, 1.807) is 41.2 Å². The summed E-state index contributed by atoms with van der Waals surface area (Å²) in [6.07, 6.45) is 1.76. The normalized spacial score (nSPS) is 21.0. The minimum Gasteiger partial charge on any atom is -0.502 e. The van der Waals surface area contributed by atoms with Gasteiger partial charge in [-0.3, -0.25) is 4.79 Å². The average Bonchev–Trinajstić information content (AvgIpc) is 3.82. The van der Waals surface area contributed by atoms with E-state index in [9.17, 15) is 14.7 Å². The van der Waals surface area contributed by atoms with Crippen LogP contribution in [0.1, 0.15) is 34.3 Å². The predicted molar refractivity (Wildman–Crippen MR) is 159 cm³/mol.